The zero-order valence-corrected chi connectivity index (χ0v) is 11.2. The van der Waals surface area contributed by atoms with E-state index in [1.807, 2.05) is 0 Å². The number of imidazole rings is 1. The van der Waals surface area contributed by atoms with Crippen LogP contribution in [0.5, 0.6) is 0 Å². The van der Waals surface area contributed by atoms with E-state index in [2.05, 4.69) is 41.9 Å². The van der Waals surface area contributed by atoms with E-state index < -0.39 is 0 Å². The molecule has 3 rings (SSSR count). The fourth-order valence-electron chi connectivity index (χ4n) is 2.49. The summed E-state index contributed by atoms with van der Waals surface area (Å²) in [5.41, 5.74) is 3.66. The van der Waals surface area contributed by atoms with Crippen molar-refractivity contribution in [2.75, 3.05) is 6.54 Å². The normalized spacial score (nSPS) is 15.4. The molecule has 0 spiro atoms. The van der Waals surface area contributed by atoms with Gasteiger partial charge in [0.2, 0.25) is 0 Å². The average molecular weight is 243 g/mol. The van der Waals surface area contributed by atoms with Crippen molar-refractivity contribution in [3.63, 3.8) is 0 Å². The van der Waals surface area contributed by atoms with Gasteiger partial charge in [-0.25, -0.2) is 4.98 Å². The van der Waals surface area contributed by atoms with Gasteiger partial charge in [-0.1, -0.05) is 6.07 Å². The second-order valence-electron chi connectivity index (χ2n) is 5.34. The molecule has 0 amide bonds. The van der Waals surface area contributed by atoms with Crippen LogP contribution in [0.4, 0.5) is 0 Å². The Balaban J connectivity index is 1.84. The van der Waals surface area contributed by atoms with E-state index in [0.717, 1.165) is 31.1 Å². The molecule has 2 aromatic rings. The predicted octanol–water partition coefficient (Wildman–Crippen LogP) is 2.86. The molecule has 1 aliphatic rings. The van der Waals surface area contributed by atoms with Crippen LogP contribution in [-0.2, 0) is 13.1 Å². The maximum absolute atomic E-state index is 4.76. The van der Waals surface area contributed by atoms with Crippen molar-refractivity contribution in [2.45, 2.75) is 39.8 Å². The van der Waals surface area contributed by atoms with E-state index >= 15 is 0 Å². The fourth-order valence-corrected chi connectivity index (χ4v) is 2.49. The first-order valence-corrected chi connectivity index (χ1v) is 6.94. The molecule has 1 fully saturated rings. The number of hydrogen-bond donors (Lipinski definition) is 1. The molecule has 0 atom stereocenters. The van der Waals surface area contributed by atoms with Crippen LogP contribution in [-0.4, -0.2) is 16.1 Å². The maximum Gasteiger partial charge on any atom is 0.123 e. The summed E-state index contributed by atoms with van der Waals surface area (Å²) >= 11 is 0. The van der Waals surface area contributed by atoms with Crippen molar-refractivity contribution < 1.29 is 0 Å². The lowest BCUT2D eigenvalue weighted by atomic mass is 10.2. The number of rotatable bonds is 5. The van der Waals surface area contributed by atoms with E-state index in [1.54, 1.807) is 0 Å². The standard InChI is InChI=1S/C15H21N3/c1-3-18-14-7-4-11(2)8-13(14)17-15(18)10-16-9-12-5-6-12/h4,7-8,12,16H,3,5-6,9-10H2,1-2H3. The quantitative estimate of drug-likeness (QED) is 0.875. The van der Waals surface area contributed by atoms with Gasteiger partial charge >= 0.3 is 0 Å². The van der Waals surface area contributed by atoms with E-state index in [-0.39, 0.29) is 0 Å². The predicted molar refractivity (Wildman–Crippen MR) is 74.6 cm³/mol. The molecule has 96 valence electrons. The molecule has 1 saturated carbocycles. The Hall–Kier alpha value is -1.35. The average Bonchev–Trinajstić information content (AvgIpc) is 3.10. The van der Waals surface area contributed by atoms with E-state index in [4.69, 9.17) is 4.98 Å². The number of hydrogen-bond acceptors (Lipinski definition) is 2. The fraction of sp³-hybridized carbons (Fsp3) is 0.533. The van der Waals surface area contributed by atoms with Gasteiger partial charge in [-0.15, -0.1) is 0 Å². The first kappa shape index (κ1) is 11.7. The molecule has 3 nitrogen and oxygen atoms in total. The molecule has 0 unspecified atom stereocenters. The summed E-state index contributed by atoms with van der Waals surface area (Å²) in [6.45, 7) is 7.32. The third-order valence-corrected chi connectivity index (χ3v) is 3.71. The van der Waals surface area contributed by atoms with Crippen LogP contribution in [0.1, 0.15) is 31.2 Å². The Morgan fingerprint density at radius 2 is 2.22 bits per heavy atom. The van der Waals surface area contributed by atoms with Crippen molar-refractivity contribution >= 4 is 11.0 Å². The Morgan fingerprint density at radius 3 is 2.94 bits per heavy atom. The molecule has 18 heavy (non-hydrogen) atoms. The zero-order chi connectivity index (χ0) is 12.5. The van der Waals surface area contributed by atoms with Crippen LogP contribution in [0.15, 0.2) is 18.2 Å². The number of aryl methyl sites for hydroxylation is 2. The highest BCUT2D eigenvalue weighted by Gasteiger charge is 2.20. The smallest absolute Gasteiger partial charge is 0.123 e. The van der Waals surface area contributed by atoms with Gasteiger partial charge in [0.05, 0.1) is 17.6 Å². The summed E-state index contributed by atoms with van der Waals surface area (Å²) in [5.74, 6) is 2.09. The van der Waals surface area contributed by atoms with Gasteiger partial charge in [-0.05, 0) is 56.8 Å². The van der Waals surface area contributed by atoms with E-state index in [0.29, 0.717) is 0 Å². The van der Waals surface area contributed by atoms with Gasteiger partial charge in [-0.2, -0.15) is 0 Å². The second kappa shape index (κ2) is 4.73. The number of aromatic nitrogens is 2. The Bertz CT molecular complexity index is 552. The molecule has 0 saturated heterocycles. The van der Waals surface area contributed by atoms with E-state index in [9.17, 15) is 0 Å². The first-order chi connectivity index (χ1) is 8.78. The van der Waals surface area contributed by atoms with Crippen LogP contribution in [0.2, 0.25) is 0 Å². The van der Waals surface area contributed by atoms with Gasteiger partial charge in [0.25, 0.3) is 0 Å². The largest absolute Gasteiger partial charge is 0.327 e. The molecule has 1 heterocycles. The molecular formula is C15H21N3. The molecule has 0 radical (unpaired) electrons. The van der Waals surface area contributed by atoms with Crippen molar-refractivity contribution in [3.8, 4) is 0 Å². The lowest BCUT2D eigenvalue weighted by Gasteiger charge is -2.07. The highest BCUT2D eigenvalue weighted by atomic mass is 15.1. The maximum atomic E-state index is 4.76. The Labute approximate surface area is 108 Å². The Morgan fingerprint density at radius 1 is 1.39 bits per heavy atom. The van der Waals surface area contributed by atoms with Crippen LogP contribution >= 0.6 is 0 Å². The highest BCUT2D eigenvalue weighted by Crippen LogP contribution is 2.27. The minimum Gasteiger partial charge on any atom is -0.327 e. The highest BCUT2D eigenvalue weighted by molar-refractivity contribution is 5.76. The van der Waals surface area contributed by atoms with Crippen LogP contribution in [0.25, 0.3) is 11.0 Å². The summed E-state index contributed by atoms with van der Waals surface area (Å²) < 4.78 is 2.31. The SMILES string of the molecule is CCn1c(CNCC2CC2)nc2cc(C)ccc21. The Kier molecular flexibility index (Phi) is 3.08. The second-order valence-corrected chi connectivity index (χ2v) is 5.34. The van der Waals surface area contributed by atoms with Crippen molar-refractivity contribution in [1.29, 1.82) is 0 Å². The number of benzene rings is 1. The van der Waals surface area contributed by atoms with E-state index in [1.165, 1.54) is 29.7 Å². The van der Waals surface area contributed by atoms with Gasteiger partial charge in [-0.3, -0.25) is 0 Å². The third-order valence-electron chi connectivity index (χ3n) is 3.71. The van der Waals surface area contributed by atoms with Gasteiger partial charge < -0.3 is 9.88 Å². The molecule has 1 aliphatic carbocycles. The topological polar surface area (TPSA) is 29.9 Å². The number of nitrogens with one attached hydrogen (secondary N) is 1. The summed E-state index contributed by atoms with van der Waals surface area (Å²) in [5, 5.41) is 3.53. The lowest BCUT2D eigenvalue weighted by molar-refractivity contribution is 0.594. The van der Waals surface area contributed by atoms with Crippen molar-refractivity contribution in [2.24, 2.45) is 5.92 Å². The molecular weight excluding hydrogens is 222 g/mol. The summed E-state index contributed by atoms with van der Waals surface area (Å²) in [6, 6.07) is 6.52. The molecule has 1 N–H and O–H groups in total. The van der Waals surface area contributed by atoms with Crippen molar-refractivity contribution in [1.82, 2.24) is 14.9 Å². The number of nitrogens with zero attached hydrogens (tertiary/aromatic N) is 2. The van der Waals surface area contributed by atoms with Gasteiger partial charge in [0.1, 0.15) is 5.82 Å². The molecule has 1 aromatic heterocycles. The summed E-state index contributed by atoms with van der Waals surface area (Å²) in [6.07, 6.45) is 2.80. The number of fused-ring (bicyclic) bond motifs is 1. The monoisotopic (exact) mass is 243 g/mol. The minimum atomic E-state index is 0.887. The van der Waals surface area contributed by atoms with Crippen LogP contribution in [0, 0.1) is 12.8 Å². The lowest BCUT2D eigenvalue weighted by Crippen LogP contribution is -2.19. The first-order valence-electron chi connectivity index (χ1n) is 6.94. The molecule has 1 aromatic carbocycles. The minimum absolute atomic E-state index is 0.887. The third kappa shape index (κ3) is 2.27. The molecule has 0 aliphatic heterocycles. The van der Waals surface area contributed by atoms with Crippen LogP contribution < -0.4 is 5.32 Å². The van der Waals surface area contributed by atoms with Gasteiger partial charge in [0, 0.05) is 6.54 Å². The van der Waals surface area contributed by atoms with Crippen LogP contribution in [0.3, 0.4) is 0 Å². The summed E-state index contributed by atoms with van der Waals surface area (Å²) in [7, 11) is 0. The molecule has 3 heteroatoms. The van der Waals surface area contributed by atoms with Crippen molar-refractivity contribution in [3.05, 3.63) is 29.6 Å². The summed E-state index contributed by atoms with van der Waals surface area (Å²) in [4.78, 5) is 4.76. The van der Waals surface area contributed by atoms with Gasteiger partial charge in [0.15, 0.2) is 0 Å². The zero-order valence-electron chi connectivity index (χ0n) is 11.2. The molecule has 0 bridgehead atoms.